The zero-order valence-electron chi connectivity index (χ0n) is 19.7. The van der Waals surface area contributed by atoms with Gasteiger partial charge in [-0.15, -0.1) is 0 Å². The van der Waals surface area contributed by atoms with Crippen LogP contribution in [0.1, 0.15) is 35.3 Å². The van der Waals surface area contributed by atoms with E-state index in [0.29, 0.717) is 17.8 Å². The first-order chi connectivity index (χ1) is 16.4. The van der Waals surface area contributed by atoms with Gasteiger partial charge in [0.15, 0.2) is 0 Å². The van der Waals surface area contributed by atoms with Crippen molar-refractivity contribution in [1.29, 1.82) is 0 Å². The molecule has 0 unspecified atom stereocenters. The number of carbonyl (C=O) groups is 3. The Balaban J connectivity index is 0.00000103. The van der Waals surface area contributed by atoms with E-state index in [1.165, 1.54) is 0 Å². The summed E-state index contributed by atoms with van der Waals surface area (Å²) in [5.41, 5.74) is 2.93. The fourth-order valence-electron chi connectivity index (χ4n) is 4.60. The monoisotopic (exact) mass is 467 g/mol. The largest absolute Gasteiger partial charge is 0.483 e. The molecule has 3 heterocycles. The topological polar surface area (TPSA) is 119 Å². The first-order valence-corrected chi connectivity index (χ1v) is 11.6. The second kappa shape index (κ2) is 12.1. The van der Waals surface area contributed by atoms with Crippen LogP contribution in [0.3, 0.4) is 0 Å². The fourth-order valence-corrected chi connectivity index (χ4v) is 4.60. The average Bonchev–Trinajstić information content (AvgIpc) is 3.14. The minimum Gasteiger partial charge on any atom is -0.483 e. The van der Waals surface area contributed by atoms with Gasteiger partial charge in [0.2, 0.25) is 5.91 Å². The van der Waals surface area contributed by atoms with Crippen LogP contribution in [0.4, 0.5) is 0 Å². The van der Waals surface area contributed by atoms with Crippen LogP contribution in [-0.2, 0) is 9.59 Å². The van der Waals surface area contributed by atoms with E-state index in [1.807, 2.05) is 49.2 Å². The number of hydrogen-bond donors (Lipinski definition) is 3. The quantitative estimate of drug-likeness (QED) is 0.469. The van der Waals surface area contributed by atoms with Crippen molar-refractivity contribution in [1.82, 2.24) is 25.3 Å². The third-order valence-electron chi connectivity index (χ3n) is 6.20. The lowest BCUT2D eigenvalue weighted by Gasteiger charge is -2.28. The molecule has 2 aliphatic heterocycles. The van der Waals surface area contributed by atoms with Gasteiger partial charge >= 0.3 is 0 Å². The van der Waals surface area contributed by atoms with E-state index in [0.717, 1.165) is 50.2 Å². The molecule has 0 bridgehead atoms. The van der Waals surface area contributed by atoms with Crippen LogP contribution >= 0.6 is 0 Å². The second-order valence-corrected chi connectivity index (χ2v) is 8.75. The van der Waals surface area contributed by atoms with E-state index in [-0.39, 0.29) is 30.2 Å². The van der Waals surface area contributed by atoms with Gasteiger partial charge in [-0.2, -0.15) is 5.10 Å². The number of hydrogen-bond acceptors (Lipinski definition) is 5. The fraction of sp³-hybridized carbons (Fsp3) is 0.440. The van der Waals surface area contributed by atoms with Gasteiger partial charge in [-0.05, 0) is 33.2 Å². The summed E-state index contributed by atoms with van der Waals surface area (Å²) in [5.74, 6) is 0.101. The molecule has 9 nitrogen and oxygen atoms in total. The maximum absolute atomic E-state index is 13.2. The molecular weight excluding hydrogens is 434 g/mol. The lowest BCUT2D eigenvalue weighted by Crippen LogP contribution is -2.43. The highest BCUT2D eigenvalue weighted by atomic mass is 16.3. The Morgan fingerprint density at radius 2 is 1.91 bits per heavy atom. The van der Waals surface area contributed by atoms with Gasteiger partial charge in [-0.1, -0.05) is 42.5 Å². The molecule has 4 rings (SSSR count). The van der Waals surface area contributed by atoms with E-state index < -0.39 is 0 Å². The van der Waals surface area contributed by atoms with Crippen molar-refractivity contribution in [3.8, 4) is 11.3 Å². The van der Waals surface area contributed by atoms with Crippen LogP contribution < -0.4 is 5.32 Å². The van der Waals surface area contributed by atoms with Crippen molar-refractivity contribution in [2.45, 2.75) is 32.2 Å². The molecule has 9 heteroatoms. The molecule has 2 amide bonds. The van der Waals surface area contributed by atoms with Gasteiger partial charge in [-0.3, -0.25) is 19.5 Å². The van der Waals surface area contributed by atoms with Gasteiger partial charge in [0.1, 0.15) is 5.69 Å². The Labute approximate surface area is 199 Å². The van der Waals surface area contributed by atoms with E-state index in [1.54, 1.807) is 0 Å². The highest BCUT2D eigenvalue weighted by Gasteiger charge is 2.31. The number of likely N-dealkylation sites (N-methyl/N-ethyl adjacent to an activating group) is 1. The number of carboxylic acid groups (broad SMARTS) is 1. The Bertz CT molecular complexity index is 1000. The SMILES string of the molecule is Cc1[nH]nc(-c2ccccc2)c1C(=O)N[C@H]1CC[C@@H](C(=O)N2CC=CCC2)CN(C)C1.O=CO. The number of H-pyrrole nitrogens is 1. The number of aromatic nitrogens is 2. The van der Waals surface area contributed by atoms with Crippen LogP contribution in [-0.4, -0.2) is 82.7 Å². The van der Waals surface area contributed by atoms with Gasteiger partial charge in [0.05, 0.1) is 11.5 Å². The number of carbonyl (C=O) groups excluding carboxylic acids is 2. The molecule has 1 fully saturated rings. The molecule has 2 atom stereocenters. The lowest BCUT2D eigenvalue weighted by molar-refractivity contribution is -0.135. The summed E-state index contributed by atoms with van der Waals surface area (Å²) in [7, 11) is 2.03. The Morgan fingerprint density at radius 1 is 1.18 bits per heavy atom. The number of amides is 2. The predicted octanol–water partition coefficient (Wildman–Crippen LogP) is 2.31. The molecule has 1 aromatic heterocycles. The van der Waals surface area contributed by atoms with Gasteiger partial charge < -0.3 is 20.2 Å². The van der Waals surface area contributed by atoms with Crippen LogP contribution in [0, 0.1) is 12.8 Å². The predicted molar refractivity (Wildman–Crippen MR) is 129 cm³/mol. The Hall–Kier alpha value is -3.46. The molecular formula is C25H33N5O4. The molecule has 182 valence electrons. The van der Waals surface area contributed by atoms with Gasteiger partial charge in [-0.25, -0.2) is 0 Å². The number of benzene rings is 1. The van der Waals surface area contributed by atoms with Crippen molar-refractivity contribution >= 4 is 18.3 Å². The van der Waals surface area contributed by atoms with Crippen LogP contribution in [0.15, 0.2) is 42.5 Å². The maximum atomic E-state index is 13.2. The summed E-state index contributed by atoms with van der Waals surface area (Å²) in [6.07, 6.45) is 6.71. The minimum absolute atomic E-state index is 0.00512. The molecule has 0 spiro atoms. The van der Waals surface area contributed by atoms with Crippen LogP contribution in [0.25, 0.3) is 11.3 Å². The second-order valence-electron chi connectivity index (χ2n) is 8.75. The molecule has 34 heavy (non-hydrogen) atoms. The maximum Gasteiger partial charge on any atom is 0.290 e. The van der Waals surface area contributed by atoms with E-state index in [2.05, 4.69) is 32.6 Å². The number of likely N-dealkylation sites (tertiary alicyclic amines) is 1. The summed E-state index contributed by atoms with van der Waals surface area (Å²) in [6.45, 7) is 4.59. The Kier molecular flexibility index (Phi) is 8.98. The zero-order chi connectivity index (χ0) is 24.5. The number of nitrogens with zero attached hydrogens (tertiary/aromatic N) is 3. The summed E-state index contributed by atoms with van der Waals surface area (Å²) < 4.78 is 0. The molecule has 2 aliphatic rings. The first kappa shape index (κ1) is 25.2. The van der Waals surface area contributed by atoms with Crippen LogP contribution in [0.2, 0.25) is 0 Å². The van der Waals surface area contributed by atoms with E-state index >= 15 is 0 Å². The van der Waals surface area contributed by atoms with Crippen molar-refractivity contribution < 1.29 is 19.5 Å². The molecule has 0 saturated carbocycles. The first-order valence-electron chi connectivity index (χ1n) is 11.6. The van der Waals surface area contributed by atoms with Gasteiger partial charge in [0, 0.05) is 43.5 Å². The van der Waals surface area contributed by atoms with Crippen LogP contribution in [0.5, 0.6) is 0 Å². The normalized spacial score (nSPS) is 20.6. The van der Waals surface area contributed by atoms with Crippen molar-refractivity contribution in [3.63, 3.8) is 0 Å². The third kappa shape index (κ3) is 6.32. The van der Waals surface area contributed by atoms with Gasteiger partial charge in [0.25, 0.3) is 12.4 Å². The van der Waals surface area contributed by atoms with Crippen molar-refractivity contribution in [2.75, 3.05) is 33.2 Å². The molecule has 0 aliphatic carbocycles. The van der Waals surface area contributed by atoms with E-state index in [4.69, 9.17) is 9.90 Å². The minimum atomic E-state index is -0.250. The van der Waals surface area contributed by atoms with Crippen molar-refractivity contribution in [2.24, 2.45) is 5.92 Å². The highest BCUT2D eigenvalue weighted by Crippen LogP contribution is 2.24. The number of rotatable bonds is 4. The summed E-state index contributed by atoms with van der Waals surface area (Å²) >= 11 is 0. The Morgan fingerprint density at radius 3 is 2.59 bits per heavy atom. The molecule has 0 radical (unpaired) electrons. The number of aryl methyl sites for hydroxylation is 1. The smallest absolute Gasteiger partial charge is 0.290 e. The van der Waals surface area contributed by atoms with Crippen molar-refractivity contribution in [3.05, 3.63) is 53.7 Å². The summed E-state index contributed by atoms with van der Waals surface area (Å²) in [6, 6.07) is 9.74. The number of nitrogens with one attached hydrogen (secondary N) is 2. The highest BCUT2D eigenvalue weighted by molar-refractivity contribution is 6.01. The molecule has 1 aromatic carbocycles. The summed E-state index contributed by atoms with van der Waals surface area (Å²) in [4.78, 5) is 38.7. The number of aromatic amines is 1. The molecule has 1 saturated heterocycles. The summed E-state index contributed by atoms with van der Waals surface area (Å²) in [5, 5.41) is 17.4. The third-order valence-corrected chi connectivity index (χ3v) is 6.20. The molecule has 2 aromatic rings. The zero-order valence-corrected chi connectivity index (χ0v) is 19.7. The van der Waals surface area contributed by atoms with E-state index in [9.17, 15) is 9.59 Å². The lowest BCUT2D eigenvalue weighted by atomic mass is 9.99. The molecule has 3 N–H and O–H groups in total. The standard InChI is InChI=1S/C24H31N5O2.CH2O2/c1-17-21(22(27-26-17)18-9-5-3-6-10-18)23(30)25-20-12-11-19(15-28(2)16-20)24(31)29-13-7-4-8-14-29;2-1-3/h3-7,9-10,19-20H,8,11-16H2,1-2H3,(H,25,30)(H,26,27);1H,(H,2,3)/t19-,20+;/m1./s1. The average molecular weight is 468 g/mol.